The minimum atomic E-state index is 0.966. The van der Waals surface area contributed by atoms with Crippen LogP contribution in [0.25, 0.3) is 6.08 Å². The molecule has 1 aliphatic heterocycles. The van der Waals surface area contributed by atoms with Crippen LogP contribution in [0.5, 0.6) is 0 Å². The summed E-state index contributed by atoms with van der Waals surface area (Å²) in [7, 11) is 0. The van der Waals surface area contributed by atoms with Crippen LogP contribution in [0.2, 0.25) is 0 Å². The van der Waals surface area contributed by atoms with Crippen molar-refractivity contribution in [1.82, 2.24) is 15.1 Å². The van der Waals surface area contributed by atoms with Gasteiger partial charge in [-0.3, -0.25) is 4.90 Å². The number of hydrogen-bond acceptors (Lipinski definition) is 4. The number of benzene rings is 1. The number of anilines is 1. The fourth-order valence-electron chi connectivity index (χ4n) is 2.62. The fraction of sp³-hybridized carbons (Fsp3) is 0.333. The zero-order valence-electron chi connectivity index (χ0n) is 13.0. The summed E-state index contributed by atoms with van der Waals surface area (Å²) in [5.74, 6) is 0.991. The molecule has 114 valence electrons. The highest BCUT2D eigenvalue weighted by Gasteiger charge is 2.17. The van der Waals surface area contributed by atoms with Crippen molar-refractivity contribution < 1.29 is 0 Å². The Kier molecular flexibility index (Phi) is 4.81. The van der Waals surface area contributed by atoms with Crippen LogP contribution in [0.3, 0.4) is 0 Å². The summed E-state index contributed by atoms with van der Waals surface area (Å²) in [6.07, 6.45) is 4.44. The number of nitrogens with zero attached hydrogens (tertiary/aromatic N) is 4. The molecule has 0 unspecified atom stereocenters. The average Bonchev–Trinajstić information content (AvgIpc) is 2.57. The fourth-order valence-corrected chi connectivity index (χ4v) is 2.62. The third-order valence-corrected chi connectivity index (χ3v) is 3.95. The number of rotatable bonds is 4. The largest absolute Gasteiger partial charge is 0.353 e. The number of aryl methyl sites for hydroxylation is 1. The Hall–Kier alpha value is -2.20. The van der Waals surface area contributed by atoms with Gasteiger partial charge in [0.25, 0.3) is 0 Å². The quantitative estimate of drug-likeness (QED) is 0.867. The van der Waals surface area contributed by atoms with Crippen LogP contribution in [-0.2, 0) is 0 Å². The first kappa shape index (κ1) is 14.7. The van der Waals surface area contributed by atoms with E-state index in [0.717, 1.165) is 44.2 Å². The van der Waals surface area contributed by atoms with Crippen LogP contribution in [0.4, 0.5) is 5.82 Å². The zero-order valence-corrected chi connectivity index (χ0v) is 13.0. The second-order valence-corrected chi connectivity index (χ2v) is 5.63. The number of aromatic nitrogens is 2. The van der Waals surface area contributed by atoms with Gasteiger partial charge in [-0.2, -0.15) is 5.10 Å². The van der Waals surface area contributed by atoms with Crippen LogP contribution in [0, 0.1) is 6.92 Å². The van der Waals surface area contributed by atoms with Gasteiger partial charge in [-0.15, -0.1) is 5.10 Å². The summed E-state index contributed by atoms with van der Waals surface area (Å²) in [5, 5.41) is 8.41. The molecular formula is C18H22N4. The standard InChI is InChI=1S/C18H22N4/c1-16-9-10-18(20-19-16)22-14-12-21(13-15-22)11-5-8-17-6-3-2-4-7-17/h2-10H,11-15H2,1H3. The number of piperazine rings is 1. The van der Waals surface area contributed by atoms with Crippen molar-refractivity contribution in [2.24, 2.45) is 0 Å². The molecule has 1 aliphatic rings. The van der Waals surface area contributed by atoms with Crippen LogP contribution >= 0.6 is 0 Å². The lowest BCUT2D eigenvalue weighted by Crippen LogP contribution is -2.46. The molecule has 2 heterocycles. The summed E-state index contributed by atoms with van der Waals surface area (Å²) in [6.45, 7) is 7.12. The van der Waals surface area contributed by atoms with E-state index in [1.54, 1.807) is 0 Å². The van der Waals surface area contributed by atoms with Gasteiger partial charge in [-0.05, 0) is 24.6 Å². The van der Waals surface area contributed by atoms with Crippen LogP contribution < -0.4 is 4.90 Å². The third-order valence-electron chi connectivity index (χ3n) is 3.95. The highest BCUT2D eigenvalue weighted by atomic mass is 15.3. The van der Waals surface area contributed by atoms with E-state index in [4.69, 9.17) is 0 Å². The first-order chi connectivity index (χ1) is 10.8. The van der Waals surface area contributed by atoms with E-state index in [2.05, 4.69) is 62.5 Å². The van der Waals surface area contributed by atoms with Crippen LogP contribution in [0.15, 0.2) is 48.5 Å². The van der Waals surface area contributed by atoms with Gasteiger partial charge in [0.05, 0.1) is 5.69 Å². The Labute approximate surface area is 132 Å². The van der Waals surface area contributed by atoms with E-state index in [1.165, 1.54) is 5.56 Å². The third kappa shape index (κ3) is 3.92. The molecule has 1 fully saturated rings. The molecule has 2 aromatic rings. The van der Waals surface area contributed by atoms with Crippen molar-refractivity contribution >= 4 is 11.9 Å². The summed E-state index contributed by atoms with van der Waals surface area (Å²) in [5.41, 5.74) is 2.23. The van der Waals surface area contributed by atoms with Crippen molar-refractivity contribution in [1.29, 1.82) is 0 Å². The molecule has 22 heavy (non-hydrogen) atoms. The molecule has 0 saturated carbocycles. The normalized spacial score (nSPS) is 16.3. The Bertz CT molecular complexity index is 599. The molecule has 1 aromatic carbocycles. The molecule has 0 radical (unpaired) electrons. The minimum Gasteiger partial charge on any atom is -0.353 e. The van der Waals surface area contributed by atoms with Crippen molar-refractivity contribution in [3.63, 3.8) is 0 Å². The molecule has 0 bridgehead atoms. The molecule has 0 N–H and O–H groups in total. The van der Waals surface area contributed by atoms with Gasteiger partial charge in [0.2, 0.25) is 0 Å². The lowest BCUT2D eigenvalue weighted by molar-refractivity contribution is 0.283. The Morgan fingerprint density at radius 3 is 2.41 bits per heavy atom. The zero-order chi connectivity index (χ0) is 15.2. The van der Waals surface area contributed by atoms with Gasteiger partial charge in [0.1, 0.15) is 0 Å². The van der Waals surface area contributed by atoms with Crippen LogP contribution in [-0.4, -0.2) is 47.8 Å². The molecule has 4 nitrogen and oxygen atoms in total. The summed E-state index contributed by atoms with van der Waals surface area (Å²) < 4.78 is 0. The van der Waals surface area contributed by atoms with E-state index < -0.39 is 0 Å². The molecule has 3 rings (SSSR count). The van der Waals surface area contributed by atoms with E-state index in [9.17, 15) is 0 Å². The van der Waals surface area contributed by atoms with Crippen molar-refractivity contribution in [3.8, 4) is 0 Å². The Morgan fingerprint density at radius 1 is 0.955 bits per heavy atom. The highest BCUT2D eigenvalue weighted by Crippen LogP contribution is 2.12. The predicted octanol–water partition coefficient (Wildman–Crippen LogP) is 2.62. The first-order valence-corrected chi connectivity index (χ1v) is 7.80. The van der Waals surface area contributed by atoms with Gasteiger partial charge in [0, 0.05) is 32.7 Å². The maximum Gasteiger partial charge on any atom is 0.151 e. The molecule has 0 spiro atoms. The SMILES string of the molecule is Cc1ccc(N2CCN(CC=Cc3ccccc3)CC2)nn1. The molecule has 0 atom stereocenters. The van der Waals surface area contributed by atoms with Crippen molar-refractivity contribution in [2.45, 2.75) is 6.92 Å². The minimum absolute atomic E-state index is 0.966. The maximum atomic E-state index is 4.27. The van der Waals surface area contributed by atoms with Gasteiger partial charge in [-0.1, -0.05) is 42.5 Å². The van der Waals surface area contributed by atoms with Gasteiger partial charge in [0.15, 0.2) is 5.82 Å². The van der Waals surface area contributed by atoms with Gasteiger partial charge >= 0.3 is 0 Å². The average molecular weight is 294 g/mol. The van der Waals surface area contributed by atoms with Crippen molar-refractivity contribution in [3.05, 3.63) is 59.8 Å². The molecule has 1 saturated heterocycles. The molecule has 1 aromatic heterocycles. The second kappa shape index (κ2) is 7.18. The van der Waals surface area contributed by atoms with Crippen molar-refractivity contribution in [2.75, 3.05) is 37.6 Å². The second-order valence-electron chi connectivity index (χ2n) is 5.63. The van der Waals surface area contributed by atoms with Crippen LogP contribution in [0.1, 0.15) is 11.3 Å². The van der Waals surface area contributed by atoms with E-state index in [1.807, 2.05) is 19.1 Å². The molecule has 0 aliphatic carbocycles. The monoisotopic (exact) mass is 294 g/mol. The molecule has 0 amide bonds. The topological polar surface area (TPSA) is 32.3 Å². The molecular weight excluding hydrogens is 272 g/mol. The number of hydrogen-bond donors (Lipinski definition) is 0. The van der Waals surface area contributed by atoms with E-state index in [0.29, 0.717) is 0 Å². The summed E-state index contributed by atoms with van der Waals surface area (Å²) in [6, 6.07) is 14.5. The molecule has 4 heteroatoms. The van der Waals surface area contributed by atoms with Gasteiger partial charge < -0.3 is 4.90 Å². The summed E-state index contributed by atoms with van der Waals surface area (Å²) >= 11 is 0. The smallest absolute Gasteiger partial charge is 0.151 e. The predicted molar refractivity (Wildman–Crippen MR) is 90.9 cm³/mol. The Morgan fingerprint density at radius 2 is 1.73 bits per heavy atom. The van der Waals surface area contributed by atoms with E-state index in [-0.39, 0.29) is 0 Å². The van der Waals surface area contributed by atoms with E-state index >= 15 is 0 Å². The lowest BCUT2D eigenvalue weighted by atomic mass is 10.2. The summed E-state index contributed by atoms with van der Waals surface area (Å²) in [4.78, 5) is 4.78. The highest BCUT2D eigenvalue weighted by molar-refractivity contribution is 5.48. The lowest BCUT2D eigenvalue weighted by Gasteiger charge is -2.34. The van der Waals surface area contributed by atoms with Gasteiger partial charge in [-0.25, -0.2) is 0 Å². The Balaban J connectivity index is 1.47. The first-order valence-electron chi connectivity index (χ1n) is 7.80. The maximum absolute atomic E-state index is 4.27.